The highest BCUT2D eigenvalue weighted by atomic mass is 32.1. The topological polar surface area (TPSA) is 24.9 Å². The van der Waals surface area contributed by atoms with Crippen molar-refractivity contribution in [2.45, 2.75) is 12.5 Å². The lowest BCUT2D eigenvalue weighted by atomic mass is 10.1. The summed E-state index contributed by atoms with van der Waals surface area (Å²) in [6.45, 7) is 0. The van der Waals surface area contributed by atoms with Crippen LogP contribution in [0.2, 0.25) is 0 Å². The second kappa shape index (κ2) is 5.69. The van der Waals surface area contributed by atoms with Gasteiger partial charge in [0.2, 0.25) is 0 Å². The zero-order valence-corrected chi connectivity index (χ0v) is 12.0. The zero-order chi connectivity index (χ0) is 13.9. The molecule has 0 spiro atoms. The van der Waals surface area contributed by atoms with E-state index in [-0.39, 0.29) is 11.9 Å². The van der Waals surface area contributed by atoms with E-state index in [2.05, 4.69) is 16.4 Å². The van der Waals surface area contributed by atoms with Crippen LogP contribution >= 0.6 is 11.3 Å². The first-order chi connectivity index (χ1) is 9.76. The second-order valence-electron chi connectivity index (χ2n) is 4.70. The maximum Gasteiger partial charge on any atom is 0.123 e. The Morgan fingerprint density at radius 3 is 2.90 bits per heavy atom. The minimum absolute atomic E-state index is 0.187. The predicted octanol–water partition coefficient (Wildman–Crippen LogP) is 3.94. The number of nitrogens with one attached hydrogen (secondary N) is 1. The van der Waals surface area contributed by atoms with E-state index in [1.54, 1.807) is 17.4 Å². The van der Waals surface area contributed by atoms with Crippen LogP contribution in [0.15, 0.2) is 48.7 Å². The molecule has 4 heteroatoms. The largest absolute Gasteiger partial charge is 0.312 e. The van der Waals surface area contributed by atoms with Crippen molar-refractivity contribution in [2.24, 2.45) is 0 Å². The molecule has 2 heterocycles. The summed E-state index contributed by atoms with van der Waals surface area (Å²) in [5.41, 5.74) is 1.05. The Kier molecular flexibility index (Phi) is 3.76. The first-order valence-corrected chi connectivity index (χ1v) is 7.34. The lowest BCUT2D eigenvalue weighted by molar-refractivity contribution is 0.594. The van der Waals surface area contributed by atoms with E-state index in [1.807, 2.05) is 37.5 Å². The molecule has 1 N–H and O–H groups in total. The van der Waals surface area contributed by atoms with Gasteiger partial charge in [-0.1, -0.05) is 6.07 Å². The Bertz CT molecular complexity index is 709. The van der Waals surface area contributed by atoms with E-state index >= 15 is 0 Å². The summed E-state index contributed by atoms with van der Waals surface area (Å²) >= 11 is 1.70. The molecule has 0 saturated carbocycles. The lowest BCUT2D eigenvalue weighted by Gasteiger charge is -2.13. The number of aromatic nitrogens is 1. The summed E-state index contributed by atoms with van der Waals surface area (Å²) in [7, 11) is 1.94. The van der Waals surface area contributed by atoms with Gasteiger partial charge in [-0.2, -0.15) is 0 Å². The van der Waals surface area contributed by atoms with E-state index in [0.29, 0.717) is 0 Å². The lowest BCUT2D eigenvalue weighted by Crippen LogP contribution is -2.18. The number of halogens is 1. The normalized spacial score (nSPS) is 12.7. The van der Waals surface area contributed by atoms with E-state index in [9.17, 15) is 4.39 Å². The molecule has 3 rings (SSSR count). The first kappa shape index (κ1) is 13.2. The maximum absolute atomic E-state index is 13.3. The number of benzene rings is 1. The monoisotopic (exact) mass is 286 g/mol. The third-order valence-corrected chi connectivity index (χ3v) is 4.56. The Hall–Kier alpha value is -1.78. The molecule has 2 aromatic heterocycles. The fourth-order valence-electron chi connectivity index (χ4n) is 2.28. The third-order valence-electron chi connectivity index (χ3n) is 3.33. The third kappa shape index (κ3) is 2.71. The molecule has 0 amide bonds. The van der Waals surface area contributed by atoms with Crippen LogP contribution in [0.25, 0.3) is 10.1 Å². The molecule has 1 aromatic carbocycles. The number of fused-ring (bicyclic) bond motifs is 1. The fraction of sp³-hybridized carbons (Fsp3) is 0.188. The van der Waals surface area contributed by atoms with E-state index in [4.69, 9.17) is 0 Å². The standard InChI is InChI=1S/C16H15FN2S/c1-18-14(10-13-4-2-3-7-19-13)16-9-11-8-12(17)5-6-15(11)20-16/h2-9,14,18H,10H2,1H3. The van der Waals surface area contributed by atoms with Crippen LogP contribution < -0.4 is 5.32 Å². The molecular weight excluding hydrogens is 271 g/mol. The SMILES string of the molecule is CNC(Cc1ccccn1)c1cc2cc(F)ccc2s1. The molecule has 0 radical (unpaired) electrons. The van der Waals surface area contributed by atoms with Crippen LogP contribution in [0.5, 0.6) is 0 Å². The molecule has 0 saturated heterocycles. The number of pyridine rings is 1. The van der Waals surface area contributed by atoms with Crippen LogP contribution in [0.1, 0.15) is 16.6 Å². The van der Waals surface area contributed by atoms with Gasteiger partial charge in [0.15, 0.2) is 0 Å². The predicted molar refractivity (Wildman–Crippen MR) is 81.5 cm³/mol. The van der Waals surface area contributed by atoms with Gasteiger partial charge in [-0.3, -0.25) is 4.98 Å². The number of hydrogen-bond donors (Lipinski definition) is 1. The van der Waals surface area contributed by atoms with Crippen LogP contribution in [0, 0.1) is 5.82 Å². The molecule has 0 aliphatic carbocycles. The number of rotatable bonds is 4. The van der Waals surface area contributed by atoms with Gasteiger partial charge in [0.1, 0.15) is 5.82 Å². The molecule has 2 nitrogen and oxygen atoms in total. The molecule has 3 aromatic rings. The minimum atomic E-state index is -0.187. The summed E-state index contributed by atoms with van der Waals surface area (Å²) in [6, 6.07) is 13.1. The quantitative estimate of drug-likeness (QED) is 0.786. The number of nitrogens with zero attached hydrogens (tertiary/aromatic N) is 1. The van der Waals surface area contributed by atoms with Crippen LogP contribution in [-0.4, -0.2) is 12.0 Å². The van der Waals surface area contributed by atoms with Gasteiger partial charge < -0.3 is 5.32 Å². The number of likely N-dealkylation sites (N-methyl/N-ethyl adjacent to an activating group) is 1. The molecular formula is C16H15FN2S. The number of thiophene rings is 1. The molecule has 20 heavy (non-hydrogen) atoms. The Morgan fingerprint density at radius 1 is 1.25 bits per heavy atom. The van der Waals surface area contributed by atoms with Gasteiger partial charge in [0, 0.05) is 33.9 Å². The van der Waals surface area contributed by atoms with Crippen molar-refractivity contribution >= 4 is 21.4 Å². The second-order valence-corrected chi connectivity index (χ2v) is 5.81. The first-order valence-electron chi connectivity index (χ1n) is 6.52. The number of hydrogen-bond acceptors (Lipinski definition) is 3. The molecule has 0 aliphatic heterocycles. The van der Waals surface area contributed by atoms with Crippen molar-refractivity contribution in [3.8, 4) is 0 Å². The minimum Gasteiger partial charge on any atom is -0.312 e. The van der Waals surface area contributed by atoms with Crippen molar-refractivity contribution < 1.29 is 4.39 Å². The van der Waals surface area contributed by atoms with Crippen molar-refractivity contribution in [3.05, 3.63) is 65.0 Å². The van der Waals surface area contributed by atoms with Gasteiger partial charge in [-0.25, -0.2) is 4.39 Å². The average molecular weight is 286 g/mol. The van der Waals surface area contributed by atoms with E-state index in [1.165, 1.54) is 10.9 Å². The smallest absolute Gasteiger partial charge is 0.123 e. The van der Waals surface area contributed by atoms with Crippen LogP contribution in [-0.2, 0) is 6.42 Å². The van der Waals surface area contributed by atoms with Gasteiger partial charge in [-0.15, -0.1) is 11.3 Å². The highest BCUT2D eigenvalue weighted by molar-refractivity contribution is 7.19. The summed E-state index contributed by atoms with van der Waals surface area (Å²) in [4.78, 5) is 5.57. The van der Waals surface area contributed by atoms with Crippen LogP contribution in [0.3, 0.4) is 0 Å². The zero-order valence-electron chi connectivity index (χ0n) is 11.1. The van der Waals surface area contributed by atoms with Crippen LogP contribution in [0.4, 0.5) is 4.39 Å². The molecule has 1 atom stereocenters. The van der Waals surface area contributed by atoms with Gasteiger partial charge in [0.05, 0.1) is 0 Å². The Balaban J connectivity index is 1.91. The summed E-state index contributed by atoms with van der Waals surface area (Å²) in [5, 5.41) is 4.28. The summed E-state index contributed by atoms with van der Waals surface area (Å²) < 4.78 is 14.4. The van der Waals surface area contributed by atoms with Gasteiger partial charge in [0.25, 0.3) is 0 Å². The maximum atomic E-state index is 13.3. The van der Waals surface area contributed by atoms with E-state index in [0.717, 1.165) is 22.2 Å². The fourth-order valence-corrected chi connectivity index (χ4v) is 3.43. The molecule has 0 fully saturated rings. The van der Waals surface area contributed by atoms with Crippen molar-refractivity contribution in [2.75, 3.05) is 7.05 Å². The van der Waals surface area contributed by atoms with Crippen molar-refractivity contribution in [3.63, 3.8) is 0 Å². The highest BCUT2D eigenvalue weighted by Crippen LogP contribution is 2.31. The highest BCUT2D eigenvalue weighted by Gasteiger charge is 2.14. The average Bonchev–Trinajstić information content (AvgIpc) is 2.88. The van der Waals surface area contributed by atoms with E-state index < -0.39 is 0 Å². The molecule has 0 aliphatic rings. The summed E-state index contributed by atoms with van der Waals surface area (Å²) in [6.07, 6.45) is 2.63. The molecule has 1 unspecified atom stereocenters. The van der Waals surface area contributed by atoms with Gasteiger partial charge >= 0.3 is 0 Å². The molecule has 0 bridgehead atoms. The Morgan fingerprint density at radius 2 is 2.15 bits per heavy atom. The molecule has 102 valence electrons. The van der Waals surface area contributed by atoms with Gasteiger partial charge in [-0.05, 0) is 48.8 Å². The van der Waals surface area contributed by atoms with Crippen molar-refractivity contribution in [1.82, 2.24) is 10.3 Å². The Labute approximate surface area is 121 Å². The van der Waals surface area contributed by atoms with Crippen molar-refractivity contribution in [1.29, 1.82) is 0 Å². The summed E-state index contributed by atoms with van der Waals surface area (Å²) in [5.74, 6) is -0.187.